The number of nitrogens with one attached hydrogen (secondary N) is 1. The average molecular weight is 514 g/mol. The van der Waals surface area contributed by atoms with Crippen LogP contribution in [0.3, 0.4) is 0 Å². The number of aliphatic hydroxyl groups is 1. The first-order valence-corrected chi connectivity index (χ1v) is 12.2. The molecule has 6 nitrogen and oxygen atoms in total. The van der Waals surface area contributed by atoms with Crippen LogP contribution in [-0.4, -0.2) is 23.7 Å². The molecule has 1 saturated carbocycles. The lowest BCUT2D eigenvalue weighted by Gasteiger charge is -2.43. The van der Waals surface area contributed by atoms with E-state index in [1.54, 1.807) is 7.11 Å². The van der Waals surface area contributed by atoms with Crippen LogP contribution >= 0.6 is 15.9 Å². The molecular formula is C26H28BrNO5. The average Bonchev–Trinajstić information content (AvgIpc) is 3.14. The second kappa shape index (κ2) is 8.69. The quantitative estimate of drug-likeness (QED) is 0.449. The van der Waals surface area contributed by atoms with Gasteiger partial charge in [-0.3, -0.25) is 4.79 Å². The molecule has 1 atom stereocenters. The van der Waals surface area contributed by atoms with E-state index in [4.69, 9.17) is 13.9 Å². The normalized spacial score (nSPS) is 19.2. The molecule has 1 spiro atoms. The van der Waals surface area contributed by atoms with Gasteiger partial charge in [0.25, 0.3) is 5.91 Å². The molecule has 2 aromatic carbocycles. The minimum atomic E-state index is -0.645. The lowest BCUT2D eigenvalue weighted by Crippen LogP contribution is -2.42. The van der Waals surface area contributed by atoms with E-state index in [0.717, 1.165) is 46.7 Å². The number of aryl methyl sites for hydroxylation is 1. The molecule has 0 saturated heterocycles. The maximum Gasteiger partial charge on any atom is 0.287 e. The fourth-order valence-corrected chi connectivity index (χ4v) is 5.77. The molecule has 1 aliphatic heterocycles. The Morgan fingerprint density at radius 1 is 1.24 bits per heavy atom. The van der Waals surface area contributed by atoms with Crippen molar-refractivity contribution in [1.29, 1.82) is 0 Å². The molecule has 0 bridgehead atoms. The van der Waals surface area contributed by atoms with Crippen LogP contribution in [0, 0.1) is 6.92 Å². The SMILES string of the molecule is COc1ccc(Br)cc1CNC(=O)c1oc2ccc3c(c2c1C)[C@@H](O)CC1(CCCCC1)O3. The van der Waals surface area contributed by atoms with Crippen LogP contribution in [0.15, 0.2) is 39.2 Å². The Bertz CT molecular complexity index is 1210. The van der Waals surface area contributed by atoms with Crippen LogP contribution in [0.2, 0.25) is 0 Å². The number of benzene rings is 2. The highest BCUT2D eigenvalue weighted by Crippen LogP contribution is 2.49. The lowest BCUT2D eigenvalue weighted by molar-refractivity contribution is -0.0373. The third kappa shape index (κ3) is 4.02. The summed E-state index contributed by atoms with van der Waals surface area (Å²) in [6, 6.07) is 9.36. The number of carbonyl (C=O) groups excluding carboxylic acids is 1. The van der Waals surface area contributed by atoms with Gasteiger partial charge in [0, 0.05) is 39.5 Å². The molecule has 5 rings (SSSR count). The summed E-state index contributed by atoms with van der Waals surface area (Å²) < 4.78 is 18.7. The van der Waals surface area contributed by atoms with E-state index in [9.17, 15) is 9.90 Å². The third-order valence-corrected chi connectivity index (χ3v) is 7.47. The van der Waals surface area contributed by atoms with Gasteiger partial charge in [0.1, 0.15) is 22.7 Å². The second-order valence-corrected chi connectivity index (χ2v) is 10.0. The predicted octanol–water partition coefficient (Wildman–Crippen LogP) is 5.96. The van der Waals surface area contributed by atoms with Crippen LogP contribution in [0.4, 0.5) is 0 Å². The number of hydrogen-bond donors (Lipinski definition) is 2. The largest absolute Gasteiger partial charge is 0.496 e. The Hall–Kier alpha value is -2.51. The zero-order valence-corrected chi connectivity index (χ0v) is 20.5. The monoisotopic (exact) mass is 513 g/mol. The van der Waals surface area contributed by atoms with Gasteiger partial charge in [-0.05, 0) is 62.9 Å². The molecule has 2 N–H and O–H groups in total. The standard InChI is InChI=1S/C26H28BrNO5/c1-15-22-20(8-9-21-23(22)18(29)13-26(33-21)10-4-3-5-11-26)32-24(15)25(30)28-14-16-12-17(27)6-7-19(16)31-2/h6-9,12,18,29H,3-5,10-11,13-14H2,1-2H3,(H,28,30)/t18-/m0/s1. The maximum atomic E-state index is 13.0. The molecule has 0 unspecified atom stereocenters. The number of rotatable bonds is 4. The summed E-state index contributed by atoms with van der Waals surface area (Å²) in [4.78, 5) is 13.0. The number of fused-ring (bicyclic) bond motifs is 3. The van der Waals surface area contributed by atoms with E-state index >= 15 is 0 Å². The van der Waals surface area contributed by atoms with Gasteiger partial charge in [-0.1, -0.05) is 22.4 Å². The summed E-state index contributed by atoms with van der Waals surface area (Å²) in [5.41, 5.74) is 2.60. The van der Waals surface area contributed by atoms with Gasteiger partial charge in [0.05, 0.1) is 13.2 Å². The van der Waals surface area contributed by atoms with E-state index in [-0.39, 0.29) is 17.3 Å². The molecule has 2 heterocycles. The number of furan rings is 1. The molecule has 1 aliphatic carbocycles. The first-order valence-electron chi connectivity index (χ1n) is 11.4. The van der Waals surface area contributed by atoms with Gasteiger partial charge in [-0.15, -0.1) is 0 Å². The van der Waals surface area contributed by atoms with E-state index in [0.29, 0.717) is 35.6 Å². The van der Waals surface area contributed by atoms with Crippen molar-refractivity contribution in [2.24, 2.45) is 0 Å². The first kappa shape index (κ1) is 22.3. The van der Waals surface area contributed by atoms with E-state index < -0.39 is 6.10 Å². The molecule has 1 amide bonds. The highest BCUT2D eigenvalue weighted by atomic mass is 79.9. The van der Waals surface area contributed by atoms with Gasteiger partial charge in [-0.25, -0.2) is 0 Å². The van der Waals surface area contributed by atoms with E-state index in [2.05, 4.69) is 21.2 Å². The Kier molecular flexibility index (Phi) is 5.87. The Morgan fingerprint density at radius 3 is 2.79 bits per heavy atom. The minimum Gasteiger partial charge on any atom is -0.496 e. The van der Waals surface area contributed by atoms with E-state index in [1.807, 2.05) is 37.3 Å². The molecule has 0 radical (unpaired) electrons. The van der Waals surface area contributed by atoms with Crippen LogP contribution in [0.5, 0.6) is 11.5 Å². The number of halogens is 1. The first-order chi connectivity index (χ1) is 15.9. The molecule has 33 heavy (non-hydrogen) atoms. The van der Waals surface area contributed by atoms with Gasteiger partial charge in [0.15, 0.2) is 5.76 Å². The molecule has 1 fully saturated rings. The summed E-state index contributed by atoms with van der Waals surface area (Å²) in [6.45, 7) is 2.16. The highest BCUT2D eigenvalue weighted by Gasteiger charge is 2.42. The zero-order valence-electron chi connectivity index (χ0n) is 18.9. The summed E-state index contributed by atoms with van der Waals surface area (Å²) in [5.74, 6) is 1.34. The van der Waals surface area contributed by atoms with Gasteiger partial charge >= 0.3 is 0 Å². The summed E-state index contributed by atoms with van der Waals surface area (Å²) in [6.07, 6.45) is 5.35. The fourth-order valence-electron chi connectivity index (χ4n) is 5.36. The fraction of sp³-hybridized carbons (Fsp3) is 0.423. The predicted molar refractivity (Wildman–Crippen MR) is 129 cm³/mol. The van der Waals surface area contributed by atoms with Crippen molar-refractivity contribution in [3.8, 4) is 11.5 Å². The molecule has 1 aromatic heterocycles. The summed E-state index contributed by atoms with van der Waals surface area (Å²) in [5, 5.41) is 14.8. The van der Waals surface area contributed by atoms with Crippen molar-refractivity contribution in [3.05, 3.63) is 57.3 Å². The van der Waals surface area contributed by atoms with Crippen molar-refractivity contribution in [2.45, 2.75) is 63.7 Å². The molecule has 3 aromatic rings. The molecular weight excluding hydrogens is 486 g/mol. The van der Waals surface area contributed by atoms with Crippen molar-refractivity contribution in [1.82, 2.24) is 5.32 Å². The molecule has 2 aliphatic rings. The summed E-state index contributed by atoms with van der Waals surface area (Å²) in [7, 11) is 1.60. The highest BCUT2D eigenvalue weighted by molar-refractivity contribution is 9.10. The van der Waals surface area contributed by atoms with Crippen molar-refractivity contribution in [2.75, 3.05) is 7.11 Å². The number of carbonyl (C=O) groups is 1. The smallest absolute Gasteiger partial charge is 0.287 e. The zero-order chi connectivity index (χ0) is 23.2. The number of hydrogen-bond acceptors (Lipinski definition) is 5. The topological polar surface area (TPSA) is 80.9 Å². The lowest BCUT2D eigenvalue weighted by atomic mass is 9.77. The number of aliphatic hydroxyl groups excluding tert-OH is 1. The summed E-state index contributed by atoms with van der Waals surface area (Å²) >= 11 is 3.46. The second-order valence-electron chi connectivity index (χ2n) is 9.11. The van der Waals surface area contributed by atoms with Gasteiger partial charge in [0.2, 0.25) is 0 Å². The van der Waals surface area contributed by atoms with Crippen molar-refractivity contribution >= 4 is 32.8 Å². The Balaban J connectivity index is 1.44. The van der Waals surface area contributed by atoms with Crippen LogP contribution < -0.4 is 14.8 Å². The van der Waals surface area contributed by atoms with Gasteiger partial charge in [-0.2, -0.15) is 0 Å². The maximum absolute atomic E-state index is 13.0. The molecule has 174 valence electrons. The van der Waals surface area contributed by atoms with E-state index in [1.165, 1.54) is 6.42 Å². The van der Waals surface area contributed by atoms with Crippen LogP contribution in [-0.2, 0) is 6.54 Å². The minimum absolute atomic E-state index is 0.248. The number of ether oxygens (including phenoxy) is 2. The Labute approximate surface area is 201 Å². The molecule has 7 heteroatoms. The number of methoxy groups -OCH3 is 1. The Morgan fingerprint density at radius 2 is 2.03 bits per heavy atom. The number of amides is 1. The van der Waals surface area contributed by atoms with Crippen molar-refractivity contribution in [3.63, 3.8) is 0 Å². The van der Waals surface area contributed by atoms with Crippen molar-refractivity contribution < 1.29 is 23.8 Å². The third-order valence-electron chi connectivity index (χ3n) is 6.97. The van der Waals surface area contributed by atoms with Crippen LogP contribution in [0.1, 0.15) is 71.9 Å². The van der Waals surface area contributed by atoms with Crippen LogP contribution in [0.25, 0.3) is 11.0 Å². The van der Waals surface area contributed by atoms with Gasteiger partial charge < -0.3 is 24.3 Å².